The molecule has 2 aliphatic rings. The normalized spacial score (nSPS) is 24.4. The van der Waals surface area contributed by atoms with E-state index in [2.05, 4.69) is 4.90 Å². The Hall–Kier alpha value is -0.610. The Balaban J connectivity index is 1.78. The third kappa shape index (κ3) is 4.45. The van der Waals surface area contributed by atoms with E-state index in [9.17, 15) is 4.79 Å². The number of nitrogens with zero attached hydrogens (tertiary/aromatic N) is 2. The van der Waals surface area contributed by atoms with Crippen molar-refractivity contribution in [1.82, 2.24) is 9.80 Å². The van der Waals surface area contributed by atoms with Crippen molar-refractivity contribution in [2.24, 2.45) is 17.6 Å². The Kier molecular flexibility index (Phi) is 6.30. The van der Waals surface area contributed by atoms with Gasteiger partial charge in [0.25, 0.3) is 0 Å². The minimum Gasteiger partial charge on any atom is -0.341 e. The summed E-state index contributed by atoms with van der Waals surface area (Å²) in [7, 11) is 0. The molecule has 1 aliphatic heterocycles. The Morgan fingerprint density at radius 3 is 2.55 bits per heavy atom. The van der Waals surface area contributed by atoms with Crippen LogP contribution in [0.2, 0.25) is 0 Å². The molecule has 116 valence electrons. The molecule has 4 nitrogen and oxygen atoms in total. The first-order chi connectivity index (χ1) is 9.70. The van der Waals surface area contributed by atoms with Crippen LogP contribution in [0.4, 0.5) is 0 Å². The van der Waals surface area contributed by atoms with Crippen LogP contribution in [-0.2, 0) is 4.79 Å². The summed E-state index contributed by atoms with van der Waals surface area (Å²) in [6.07, 6.45) is 8.17. The van der Waals surface area contributed by atoms with Gasteiger partial charge in [0.15, 0.2) is 0 Å². The van der Waals surface area contributed by atoms with Crippen molar-refractivity contribution < 1.29 is 4.79 Å². The van der Waals surface area contributed by atoms with E-state index in [1.807, 2.05) is 11.8 Å². The summed E-state index contributed by atoms with van der Waals surface area (Å²) in [5, 5.41) is 0. The van der Waals surface area contributed by atoms with E-state index in [0.29, 0.717) is 6.54 Å². The molecule has 0 radical (unpaired) electrons. The Bertz CT molecular complexity index is 302. The van der Waals surface area contributed by atoms with Gasteiger partial charge in [0, 0.05) is 38.6 Å². The average molecular weight is 281 g/mol. The predicted octanol–water partition coefficient (Wildman–Crippen LogP) is 1.70. The Morgan fingerprint density at radius 2 is 1.85 bits per heavy atom. The van der Waals surface area contributed by atoms with E-state index in [4.69, 9.17) is 5.73 Å². The van der Waals surface area contributed by atoms with E-state index in [-0.39, 0.29) is 11.8 Å². The van der Waals surface area contributed by atoms with Gasteiger partial charge >= 0.3 is 0 Å². The zero-order valence-corrected chi connectivity index (χ0v) is 13.0. The van der Waals surface area contributed by atoms with Crippen molar-refractivity contribution in [3.63, 3.8) is 0 Å². The molecule has 1 saturated heterocycles. The number of rotatable bonds is 4. The second-order valence-electron chi connectivity index (χ2n) is 6.62. The lowest BCUT2D eigenvalue weighted by molar-refractivity contribution is -0.134. The van der Waals surface area contributed by atoms with E-state index in [1.54, 1.807) is 0 Å². The summed E-state index contributed by atoms with van der Waals surface area (Å²) < 4.78 is 0. The van der Waals surface area contributed by atoms with Crippen LogP contribution in [0.3, 0.4) is 0 Å². The third-order valence-electron chi connectivity index (χ3n) is 4.92. The van der Waals surface area contributed by atoms with Gasteiger partial charge in [-0.15, -0.1) is 0 Å². The number of carbonyl (C=O) groups excluding carboxylic acids is 1. The fraction of sp³-hybridized carbons (Fsp3) is 0.938. The van der Waals surface area contributed by atoms with Crippen LogP contribution in [0.1, 0.15) is 45.4 Å². The Morgan fingerprint density at radius 1 is 1.10 bits per heavy atom. The maximum atomic E-state index is 12.2. The molecule has 0 aromatic carbocycles. The lowest BCUT2D eigenvalue weighted by Crippen LogP contribution is -2.40. The number of hydrogen-bond donors (Lipinski definition) is 1. The minimum atomic E-state index is -0.0279. The molecule has 1 amide bonds. The molecule has 1 heterocycles. The predicted molar refractivity (Wildman–Crippen MR) is 82.4 cm³/mol. The molecule has 2 rings (SSSR count). The molecule has 2 fully saturated rings. The summed E-state index contributed by atoms with van der Waals surface area (Å²) >= 11 is 0. The fourth-order valence-electron chi connectivity index (χ4n) is 3.52. The first-order valence-corrected chi connectivity index (χ1v) is 8.42. The maximum Gasteiger partial charge on any atom is 0.226 e. The zero-order valence-electron chi connectivity index (χ0n) is 13.0. The maximum absolute atomic E-state index is 12.2. The first-order valence-electron chi connectivity index (χ1n) is 8.42. The third-order valence-corrected chi connectivity index (χ3v) is 4.92. The molecule has 0 bridgehead atoms. The first kappa shape index (κ1) is 15.8. The van der Waals surface area contributed by atoms with Crippen molar-refractivity contribution in [3.8, 4) is 0 Å². The highest BCUT2D eigenvalue weighted by Gasteiger charge is 2.24. The molecule has 1 saturated carbocycles. The van der Waals surface area contributed by atoms with Crippen molar-refractivity contribution in [3.05, 3.63) is 0 Å². The van der Waals surface area contributed by atoms with E-state index >= 15 is 0 Å². The largest absolute Gasteiger partial charge is 0.341 e. The molecule has 0 spiro atoms. The second-order valence-corrected chi connectivity index (χ2v) is 6.62. The van der Waals surface area contributed by atoms with Gasteiger partial charge in [-0.1, -0.05) is 26.2 Å². The number of nitrogens with two attached hydrogens (primary N) is 1. The smallest absolute Gasteiger partial charge is 0.226 e. The molecule has 1 unspecified atom stereocenters. The van der Waals surface area contributed by atoms with Crippen LogP contribution in [0.5, 0.6) is 0 Å². The van der Waals surface area contributed by atoms with Crippen LogP contribution in [0.25, 0.3) is 0 Å². The number of amides is 1. The lowest BCUT2D eigenvalue weighted by Gasteiger charge is -2.29. The van der Waals surface area contributed by atoms with Crippen molar-refractivity contribution in [1.29, 1.82) is 0 Å². The molecule has 4 heteroatoms. The summed E-state index contributed by atoms with van der Waals surface area (Å²) in [6.45, 7) is 7.62. The van der Waals surface area contributed by atoms with Crippen LogP contribution in [0, 0.1) is 11.8 Å². The molecule has 1 aliphatic carbocycles. The summed E-state index contributed by atoms with van der Waals surface area (Å²) in [4.78, 5) is 16.8. The highest BCUT2D eigenvalue weighted by molar-refractivity contribution is 5.78. The highest BCUT2D eigenvalue weighted by atomic mass is 16.2. The second kappa shape index (κ2) is 7.99. The van der Waals surface area contributed by atoms with Crippen molar-refractivity contribution >= 4 is 5.91 Å². The molecule has 2 N–H and O–H groups in total. The summed E-state index contributed by atoms with van der Waals surface area (Å²) in [5.74, 6) is 1.11. The van der Waals surface area contributed by atoms with Gasteiger partial charge in [0.1, 0.15) is 0 Å². The quantitative estimate of drug-likeness (QED) is 0.853. The van der Waals surface area contributed by atoms with E-state index in [0.717, 1.165) is 38.5 Å². The SMILES string of the molecule is CC(CN)C(=O)N1CCCN(CC2CCCCC2)CC1. The molecule has 0 aromatic rings. The van der Waals surface area contributed by atoms with Gasteiger partial charge < -0.3 is 15.5 Å². The zero-order chi connectivity index (χ0) is 14.4. The molecule has 1 atom stereocenters. The highest BCUT2D eigenvalue weighted by Crippen LogP contribution is 2.24. The van der Waals surface area contributed by atoms with Crippen LogP contribution in [0.15, 0.2) is 0 Å². The van der Waals surface area contributed by atoms with Gasteiger partial charge in [-0.2, -0.15) is 0 Å². The standard InChI is InChI=1S/C16H31N3O/c1-14(12-17)16(20)19-9-5-8-18(10-11-19)13-15-6-3-2-4-7-15/h14-15H,2-13,17H2,1H3. The number of carbonyl (C=O) groups is 1. The topological polar surface area (TPSA) is 49.6 Å². The fourth-order valence-corrected chi connectivity index (χ4v) is 3.52. The van der Waals surface area contributed by atoms with Gasteiger partial charge in [-0.05, 0) is 31.7 Å². The van der Waals surface area contributed by atoms with Crippen LogP contribution in [-0.4, -0.2) is 55.0 Å². The molecular weight excluding hydrogens is 250 g/mol. The summed E-state index contributed by atoms with van der Waals surface area (Å²) in [6, 6.07) is 0. The molecule has 20 heavy (non-hydrogen) atoms. The van der Waals surface area contributed by atoms with Gasteiger partial charge in [0.2, 0.25) is 5.91 Å². The molecular formula is C16H31N3O. The van der Waals surface area contributed by atoms with E-state index < -0.39 is 0 Å². The van der Waals surface area contributed by atoms with Gasteiger partial charge in [-0.3, -0.25) is 4.79 Å². The number of hydrogen-bond acceptors (Lipinski definition) is 3. The Labute approximate surface area is 123 Å². The van der Waals surface area contributed by atoms with Crippen LogP contribution < -0.4 is 5.73 Å². The lowest BCUT2D eigenvalue weighted by atomic mass is 9.89. The van der Waals surface area contributed by atoms with Gasteiger partial charge in [0.05, 0.1) is 0 Å². The van der Waals surface area contributed by atoms with E-state index in [1.165, 1.54) is 38.6 Å². The summed E-state index contributed by atoms with van der Waals surface area (Å²) in [5.41, 5.74) is 5.61. The van der Waals surface area contributed by atoms with Gasteiger partial charge in [-0.25, -0.2) is 0 Å². The van der Waals surface area contributed by atoms with Crippen LogP contribution >= 0.6 is 0 Å². The molecule has 0 aromatic heterocycles. The minimum absolute atomic E-state index is 0.0279. The average Bonchev–Trinajstić information content (AvgIpc) is 2.72. The van der Waals surface area contributed by atoms with Crippen molar-refractivity contribution in [2.45, 2.75) is 45.4 Å². The van der Waals surface area contributed by atoms with Crippen molar-refractivity contribution in [2.75, 3.05) is 39.3 Å². The monoisotopic (exact) mass is 281 g/mol.